The molecule has 0 amide bonds. The third-order valence-electron chi connectivity index (χ3n) is 3.93. The van der Waals surface area contributed by atoms with Crippen LogP contribution < -0.4 is 0 Å². The number of hydrogen-bond donors (Lipinski definition) is 0. The van der Waals surface area contributed by atoms with Gasteiger partial charge in [-0.15, -0.1) is 0 Å². The molecule has 84 valence electrons. The first kappa shape index (κ1) is 13.0. The maximum Gasteiger partial charge on any atom is 0.00985 e. The van der Waals surface area contributed by atoms with Crippen molar-refractivity contribution < 1.29 is 0 Å². The Morgan fingerprint density at radius 1 is 1.14 bits per heavy atom. The third kappa shape index (κ3) is 2.98. The van der Waals surface area contributed by atoms with Crippen LogP contribution in [0.25, 0.3) is 0 Å². The molecule has 0 spiro atoms. The molecule has 0 saturated heterocycles. The zero-order valence-corrected chi connectivity index (χ0v) is 12.5. The van der Waals surface area contributed by atoms with Crippen LogP contribution in [0.2, 0.25) is 0 Å². The van der Waals surface area contributed by atoms with Crippen molar-refractivity contribution in [3.8, 4) is 0 Å². The molecule has 0 aromatic rings. The zero-order valence-electron chi connectivity index (χ0n) is 9.36. The first-order chi connectivity index (χ1) is 6.64. The van der Waals surface area contributed by atoms with Gasteiger partial charge in [-0.3, -0.25) is 0 Å². The fourth-order valence-corrected chi connectivity index (χ4v) is 5.16. The molecule has 0 bridgehead atoms. The van der Waals surface area contributed by atoms with Crippen LogP contribution in [-0.4, -0.2) is 10.7 Å². The lowest BCUT2D eigenvalue weighted by atomic mass is 9.74. The van der Waals surface area contributed by atoms with Crippen molar-refractivity contribution in [2.45, 2.75) is 46.0 Å². The Morgan fingerprint density at radius 2 is 1.64 bits per heavy atom. The van der Waals surface area contributed by atoms with E-state index in [1.807, 2.05) is 0 Å². The van der Waals surface area contributed by atoms with Crippen LogP contribution in [0.1, 0.15) is 46.0 Å². The summed E-state index contributed by atoms with van der Waals surface area (Å²) < 4.78 is 0. The normalized spacial score (nSPS) is 19.5. The molecule has 0 radical (unpaired) electrons. The van der Waals surface area contributed by atoms with Crippen molar-refractivity contribution in [1.29, 1.82) is 0 Å². The summed E-state index contributed by atoms with van der Waals surface area (Å²) in [6.07, 6.45) is 7.26. The molecule has 1 saturated carbocycles. The minimum absolute atomic E-state index is 0.481. The SMILES string of the molecule is CC(C)C(CBr)(CBr)CC1CCCC1. The summed E-state index contributed by atoms with van der Waals surface area (Å²) in [4.78, 5) is 0. The van der Waals surface area contributed by atoms with Crippen LogP contribution >= 0.6 is 31.9 Å². The van der Waals surface area contributed by atoms with Gasteiger partial charge in [-0.05, 0) is 23.7 Å². The van der Waals surface area contributed by atoms with Crippen LogP contribution in [0.15, 0.2) is 0 Å². The Bertz CT molecular complexity index is 156. The van der Waals surface area contributed by atoms with Crippen molar-refractivity contribution >= 4 is 31.9 Å². The molecule has 1 aliphatic rings. The topological polar surface area (TPSA) is 0 Å². The minimum atomic E-state index is 0.481. The second-order valence-corrected chi connectivity index (χ2v) is 6.26. The monoisotopic (exact) mass is 324 g/mol. The van der Waals surface area contributed by atoms with Crippen LogP contribution in [0.4, 0.5) is 0 Å². The Hall–Kier alpha value is 0.960. The van der Waals surface area contributed by atoms with E-state index < -0.39 is 0 Å². The van der Waals surface area contributed by atoms with Gasteiger partial charge < -0.3 is 0 Å². The van der Waals surface area contributed by atoms with Gasteiger partial charge in [-0.2, -0.15) is 0 Å². The predicted octanol–water partition coefficient (Wildman–Crippen LogP) is 5.00. The van der Waals surface area contributed by atoms with E-state index in [1.165, 1.54) is 32.1 Å². The van der Waals surface area contributed by atoms with Gasteiger partial charge in [0.05, 0.1) is 0 Å². The zero-order chi connectivity index (χ0) is 10.6. The summed E-state index contributed by atoms with van der Waals surface area (Å²) in [7, 11) is 0. The first-order valence-electron chi connectivity index (χ1n) is 5.76. The maximum absolute atomic E-state index is 3.71. The first-order valence-corrected chi connectivity index (χ1v) is 8.01. The highest BCUT2D eigenvalue weighted by atomic mass is 79.9. The van der Waals surface area contributed by atoms with Gasteiger partial charge in [0.15, 0.2) is 0 Å². The number of rotatable bonds is 5. The maximum atomic E-state index is 3.71. The fourth-order valence-electron chi connectivity index (χ4n) is 2.48. The molecule has 2 heteroatoms. The molecule has 14 heavy (non-hydrogen) atoms. The van der Waals surface area contributed by atoms with Crippen LogP contribution in [0.5, 0.6) is 0 Å². The summed E-state index contributed by atoms with van der Waals surface area (Å²) in [5, 5.41) is 2.28. The van der Waals surface area contributed by atoms with Gasteiger partial charge in [0.1, 0.15) is 0 Å². The molecule has 0 N–H and O–H groups in total. The summed E-state index contributed by atoms with van der Waals surface area (Å²) in [5.41, 5.74) is 0.481. The summed E-state index contributed by atoms with van der Waals surface area (Å²) in [6, 6.07) is 0. The van der Waals surface area contributed by atoms with Crippen LogP contribution in [0, 0.1) is 17.3 Å². The van der Waals surface area contributed by atoms with E-state index in [4.69, 9.17) is 0 Å². The van der Waals surface area contributed by atoms with Crippen LogP contribution in [0.3, 0.4) is 0 Å². The van der Waals surface area contributed by atoms with Gasteiger partial charge in [0.2, 0.25) is 0 Å². The molecular weight excluding hydrogens is 304 g/mol. The molecule has 0 aromatic carbocycles. The number of alkyl halides is 2. The highest BCUT2D eigenvalue weighted by Crippen LogP contribution is 2.42. The van der Waals surface area contributed by atoms with E-state index in [9.17, 15) is 0 Å². The highest BCUT2D eigenvalue weighted by Gasteiger charge is 2.34. The van der Waals surface area contributed by atoms with E-state index in [-0.39, 0.29) is 0 Å². The predicted molar refractivity (Wildman–Crippen MR) is 71.4 cm³/mol. The molecular formula is C12H22Br2. The van der Waals surface area contributed by atoms with Crippen molar-refractivity contribution in [2.75, 3.05) is 10.7 Å². The second-order valence-electron chi connectivity index (χ2n) is 5.14. The molecule has 1 fully saturated rings. The largest absolute Gasteiger partial charge is 0.0922 e. The Balaban J connectivity index is 2.57. The van der Waals surface area contributed by atoms with E-state index in [0.29, 0.717) is 5.41 Å². The number of halogens is 2. The van der Waals surface area contributed by atoms with Crippen LogP contribution in [-0.2, 0) is 0 Å². The molecule has 0 heterocycles. The average molecular weight is 326 g/mol. The van der Waals surface area contributed by atoms with Crippen molar-refractivity contribution in [2.24, 2.45) is 17.3 Å². The molecule has 1 rings (SSSR count). The number of hydrogen-bond acceptors (Lipinski definition) is 0. The Kier molecular flexibility index (Phi) is 5.48. The van der Waals surface area contributed by atoms with Gasteiger partial charge in [0.25, 0.3) is 0 Å². The van der Waals surface area contributed by atoms with E-state index in [1.54, 1.807) is 0 Å². The molecule has 0 unspecified atom stereocenters. The van der Waals surface area contributed by atoms with Crippen molar-refractivity contribution in [3.63, 3.8) is 0 Å². The summed E-state index contributed by atoms with van der Waals surface area (Å²) in [6.45, 7) is 4.72. The molecule has 0 aromatic heterocycles. The van der Waals surface area contributed by atoms with Gasteiger partial charge in [0, 0.05) is 10.7 Å². The Morgan fingerprint density at radius 3 is 2.00 bits per heavy atom. The lowest BCUT2D eigenvalue weighted by Crippen LogP contribution is -2.33. The summed E-state index contributed by atoms with van der Waals surface area (Å²) in [5.74, 6) is 1.76. The third-order valence-corrected chi connectivity index (χ3v) is 6.16. The average Bonchev–Trinajstić information content (AvgIpc) is 2.66. The lowest BCUT2D eigenvalue weighted by molar-refractivity contribution is 0.205. The van der Waals surface area contributed by atoms with E-state index in [2.05, 4.69) is 45.7 Å². The summed E-state index contributed by atoms with van der Waals surface area (Å²) >= 11 is 7.42. The highest BCUT2D eigenvalue weighted by molar-refractivity contribution is 9.09. The second kappa shape index (κ2) is 5.89. The van der Waals surface area contributed by atoms with E-state index in [0.717, 1.165) is 22.5 Å². The Labute approximate surface area is 105 Å². The standard InChI is InChI=1S/C12H22Br2/c1-10(2)12(8-13,9-14)7-11-5-3-4-6-11/h10-11H,3-9H2,1-2H3. The molecule has 1 aliphatic carbocycles. The molecule has 0 aliphatic heterocycles. The molecule has 0 nitrogen and oxygen atoms in total. The smallest absolute Gasteiger partial charge is 0.00985 e. The quantitative estimate of drug-likeness (QED) is 0.624. The minimum Gasteiger partial charge on any atom is -0.0922 e. The van der Waals surface area contributed by atoms with Crippen molar-refractivity contribution in [1.82, 2.24) is 0 Å². The molecule has 0 atom stereocenters. The lowest BCUT2D eigenvalue weighted by Gasteiger charge is -2.36. The van der Waals surface area contributed by atoms with Crippen molar-refractivity contribution in [3.05, 3.63) is 0 Å². The fraction of sp³-hybridized carbons (Fsp3) is 1.00. The van der Waals surface area contributed by atoms with Gasteiger partial charge in [-0.25, -0.2) is 0 Å². The van der Waals surface area contributed by atoms with E-state index >= 15 is 0 Å². The van der Waals surface area contributed by atoms with Gasteiger partial charge >= 0.3 is 0 Å². The van der Waals surface area contributed by atoms with Gasteiger partial charge in [-0.1, -0.05) is 71.4 Å².